The second-order valence-electron chi connectivity index (χ2n) is 6.47. The van der Waals surface area contributed by atoms with E-state index in [4.69, 9.17) is 9.15 Å². The summed E-state index contributed by atoms with van der Waals surface area (Å²) in [6.45, 7) is 0. The van der Waals surface area contributed by atoms with Crippen molar-refractivity contribution in [2.24, 2.45) is 7.05 Å². The monoisotopic (exact) mass is 387 g/mol. The van der Waals surface area contributed by atoms with Crippen LogP contribution in [0, 0.1) is 0 Å². The Morgan fingerprint density at radius 3 is 2.83 bits per heavy atom. The minimum absolute atomic E-state index is 0.561. The van der Waals surface area contributed by atoms with Gasteiger partial charge in [-0.15, -0.1) is 0 Å². The Kier molecular flexibility index (Phi) is 3.98. The molecule has 9 nitrogen and oxygen atoms in total. The number of rotatable bonds is 5. The van der Waals surface area contributed by atoms with Crippen LogP contribution in [0.15, 0.2) is 59.9 Å². The van der Waals surface area contributed by atoms with E-state index in [1.807, 2.05) is 37.5 Å². The molecule has 0 bridgehead atoms. The molecule has 4 heterocycles. The van der Waals surface area contributed by atoms with E-state index in [1.54, 1.807) is 30.5 Å². The van der Waals surface area contributed by atoms with Gasteiger partial charge >= 0.3 is 0 Å². The smallest absolute Gasteiger partial charge is 0.186 e. The number of aromatic nitrogens is 6. The number of nitrogens with one attached hydrogen (secondary N) is 2. The zero-order valence-electron chi connectivity index (χ0n) is 15.7. The van der Waals surface area contributed by atoms with E-state index >= 15 is 0 Å². The van der Waals surface area contributed by atoms with Gasteiger partial charge in [-0.25, -0.2) is 9.97 Å². The van der Waals surface area contributed by atoms with Gasteiger partial charge < -0.3 is 14.5 Å². The first kappa shape index (κ1) is 17.0. The van der Waals surface area contributed by atoms with Gasteiger partial charge in [-0.2, -0.15) is 10.2 Å². The first-order chi connectivity index (χ1) is 14.2. The minimum atomic E-state index is 0.561. The number of anilines is 2. The third kappa shape index (κ3) is 2.98. The lowest BCUT2D eigenvalue weighted by Gasteiger charge is -2.13. The average Bonchev–Trinajstić information content (AvgIpc) is 3.49. The maximum Gasteiger partial charge on any atom is 0.186 e. The number of hydrogen-bond donors (Lipinski definition) is 2. The molecule has 0 aliphatic carbocycles. The molecule has 0 aliphatic heterocycles. The quantitative estimate of drug-likeness (QED) is 0.473. The molecule has 9 heteroatoms. The van der Waals surface area contributed by atoms with Crippen LogP contribution in [0.2, 0.25) is 0 Å². The topological polar surface area (TPSA) is 107 Å². The Labute approximate surface area is 165 Å². The molecule has 0 aliphatic rings. The molecule has 0 amide bonds. The average molecular weight is 387 g/mol. The highest BCUT2D eigenvalue weighted by atomic mass is 16.5. The zero-order valence-corrected chi connectivity index (χ0v) is 15.7. The Balaban J connectivity index is 1.62. The third-order valence-electron chi connectivity index (χ3n) is 4.65. The van der Waals surface area contributed by atoms with Crippen molar-refractivity contribution in [3.8, 4) is 28.1 Å². The van der Waals surface area contributed by atoms with Gasteiger partial charge in [0.1, 0.15) is 17.9 Å². The summed E-state index contributed by atoms with van der Waals surface area (Å²) in [6, 6.07) is 7.77. The van der Waals surface area contributed by atoms with Gasteiger partial charge in [-0.3, -0.25) is 9.78 Å². The van der Waals surface area contributed by atoms with Crippen molar-refractivity contribution in [3.05, 3.63) is 55.5 Å². The summed E-state index contributed by atoms with van der Waals surface area (Å²) in [5, 5.41) is 15.7. The van der Waals surface area contributed by atoms with Crippen LogP contribution in [0.25, 0.3) is 33.4 Å². The molecule has 0 fully saturated rings. The lowest BCUT2D eigenvalue weighted by molar-refractivity contribution is 0.417. The molecular weight excluding hydrogens is 370 g/mol. The van der Waals surface area contributed by atoms with Crippen molar-refractivity contribution < 1.29 is 9.15 Å². The highest BCUT2D eigenvalue weighted by Gasteiger charge is 2.17. The number of fused-ring (bicyclic) bond motifs is 1. The maximum absolute atomic E-state index is 5.54. The number of ether oxygens (including phenoxy) is 1. The zero-order chi connectivity index (χ0) is 19.8. The van der Waals surface area contributed by atoms with Crippen LogP contribution in [0.4, 0.5) is 11.5 Å². The van der Waals surface area contributed by atoms with E-state index in [0.29, 0.717) is 17.2 Å². The van der Waals surface area contributed by atoms with Gasteiger partial charge in [0.15, 0.2) is 5.65 Å². The van der Waals surface area contributed by atoms with Gasteiger partial charge in [0.2, 0.25) is 0 Å². The van der Waals surface area contributed by atoms with E-state index in [0.717, 1.165) is 33.5 Å². The molecule has 0 saturated carbocycles. The number of benzene rings is 1. The van der Waals surface area contributed by atoms with Crippen LogP contribution in [0.5, 0.6) is 5.75 Å². The number of methoxy groups -OCH3 is 1. The Morgan fingerprint density at radius 1 is 1.14 bits per heavy atom. The predicted molar refractivity (Wildman–Crippen MR) is 108 cm³/mol. The molecule has 0 saturated heterocycles. The Bertz CT molecular complexity index is 1290. The largest absolute Gasteiger partial charge is 0.495 e. The van der Waals surface area contributed by atoms with Crippen LogP contribution >= 0.6 is 0 Å². The van der Waals surface area contributed by atoms with Gasteiger partial charge in [0.25, 0.3) is 0 Å². The number of aromatic amines is 1. The number of H-pyrrole nitrogens is 1. The van der Waals surface area contributed by atoms with E-state index in [1.165, 1.54) is 6.33 Å². The molecule has 5 aromatic rings. The first-order valence-corrected chi connectivity index (χ1v) is 8.88. The lowest BCUT2D eigenvalue weighted by Crippen LogP contribution is -1.99. The summed E-state index contributed by atoms with van der Waals surface area (Å²) in [5.74, 6) is 1.31. The van der Waals surface area contributed by atoms with E-state index < -0.39 is 0 Å². The van der Waals surface area contributed by atoms with E-state index in [9.17, 15) is 0 Å². The molecule has 2 N–H and O–H groups in total. The molecule has 1 aromatic carbocycles. The fourth-order valence-electron chi connectivity index (χ4n) is 3.25. The molecule has 5 rings (SSSR count). The van der Waals surface area contributed by atoms with Gasteiger partial charge in [-0.05, 0) is 23.8 Å². The fraction of sp³-hybridized carbons (Fsp3) is 0.100. The number of aryl methyl sites for hydroxylation is 1. The maximum atomic E-state index is 5.54. The standard InChI is InChI=1S/C20H17N7O2/c1-27-9-14(8-23-27)18-17-19(21-11-22-20(17)26-25-18)24-15-7-12(3-4-16(15)28-2)13-5-6-29-10-13/h3-11H,1-2H3,(H2,21,22,24,25,26). The van der Waals surface area contributed by atoms with Crippen LogP contribution in [0.1, 0.15) is 0 Å². The van der Waals surface area contributed by atoms with Gasteiger partial charge in [-0.1, -0.05) is 6.07 Å². The summed E-state index contributed by atoms with van der Waals surface area (Å²) in [4.78, 5) is 8.72. The summed E-state index contributed by atoms with van der Waals surface area (Å²) in [6.07, 6.45) is 8.50. The van der Waals surface area contributed by atoms with Crippen molar-refractivity contribution in [2.75, 3.05) is 12.4 Å². The van der Waals surface area contributed by atoms with Crippen molar-refractivity contribution in [1.29, 1.82) is 0 Å². The van der Waals surface area contributed by atoms with Crippen molar-refractivity contribution in [2.45, 2.75) is 0 Å². The van der Waals surface area contributed by atoms with Gasteiger partial charge in [0.05, 0.1) is 42.6 Å². The molecule has 29 heavy (non-hydrogen) atoms. The normalized spacial score (nSPS) is 11.1. The molecule has 0 atom stereocenters. The summed E-state index contributed by atoms with van der Waals surface area (Å²) in [5.41, 5.74) is 4.99. The molecule has 0 spiro atoms. The lowest BCUT2D eigenvalue weighted by atomic mass is 10.1. The molecule has 144 valence electrons. The predicted octanol–water partition coefficient (Wildman–Crippen LogP) is 3.77. The van der Waals surface area contributed by atoms with Crippen LogP contribution in [-0.4, -0.2) is 37.1 Å². The van der Waals surface area contributed by atoms with Crippen LogP contribution in [-0.2, 0) is 7.05 Å². The highest BCUT2D eigenvalue weighted by Crippen LogP contribution is 2.36. The Hall–Kier alpha value is -4.14. The minimum Gasteiger partial charge on any atom is -0.495 e. The van der Waals surface area contributed by atoms with E-state index in [2.05, 4.69) is 30.6 Å². The molecule has 0 unspecified atom stereocenters. The van der Waals surface area contributed by atoms with Crippen molar-refractivity contribution >= 4 is 22.5 Å². The molecular formula is C20H17N7O2. The van der Waals surface area contributed by atoms with Gasteiger partial charge in [0, 0.05) is 24.4 Å². The fourth-order valence-corrected chi connectivity index (χ4v) is 3.25. The Morgan fingerprint density at radius 2 is 2.07 bits per heavy atom. The van der Waals surface area contributed by atoms with Crippen LogP contribution < -0.4 is 10.1 Å². The van der Waals surface area contributed by atoms with Crippen molar-refractivity contribution in [1.82, 2.24) is 29.9 Å². The number of nitrogens with zero attached hydrogens (tertiary/aromatic N) is 5. The summed E-state index contributed by atoms with van der Waals surface area (Å²) in [7, 11) is 3.50. The third-order valence-corrected chi connectivity index (χ3v) is 4.65. The molecule has 0 radical (unpaired) electrons. The van der Waals surface area contributed by atoms with Crippen molar-refractivity contribution in [3.63, 3.8) is 0 Å². The summed E-state index contributed by atoms with van der Waals surface area (Å²) < 4.78 is 12.5. The first-order valence-electron chi connectivity index (χ1n) is 8.88. The van der Waals surface area contributed by atoms with E-state index in [-0.39, 0.29) is 0 Å². The highest BCUT2D eigenvalue weighted by molar-refractivity contribution is 5.99. The SMILES string of the molecule is COc1ccc(-c2ccoc2)cc1Nc1ncnc2n[nH]c(-c3cnn(C)c3)c12. The second-order valence-corrected chi connectivity index (χ2v) is 6.47. The summed E-state index contributed by atoms with van der Waals surface area (Å²) >= 11 is 0. The number of hydrogen-bond acceptors (Lipinski definition) is 7. The molecule has 4 aromatic heterocycles. The van der Waals surface area contributed by atoms with Crippen LogP contribution in [0.3, 0.4) is 0 Å². The number of furan rings is 1. The second kappa shape index (κ2) is 6.79.